The van der Waals surface area contributed by atoms with Gasteiger partial charge in [0.05, 0.1) is 13.2 Å². The Balaban J connectivity index is 1.58. The fourth-order valence-electron chi connectivity index (χ4n) is 3.72. The van der Waals surface area contributed by atoms with Crippen molar-refractivity contribution < 1.29 is 18.9 Å². The van der Waals surface area contributed by atoms with Crippen LogP contribution in [-0.4, -0.2) is 13.2 Å². The monoisotopic (exact) mass is 404 g/mol. The molecule has 4 rings (SSSR count). The van der Waals surface area contributed by atoms with Crippen LogP contribution < -0.4 is 18.9 Å². The zero-order valence-corrected chi connectivity index (χ0v) is 17.6. The molecular weight excluding hydrogens is 376 g/mol. The van der Waals surface area contributed by atoms with Gasteiger partial charge in [-0.15, -0.1) is 0 Å². The lowest BCUT2D eigenvalue weighted by Gasteiger charge is -2.28. The molecule has 0 fully saturated rings. The van der Waals surface area contributed by atoms with Crippen molar-refractivity contribution >= 4 is 0 Å². The predicted molar refractivity (Wildman–Crippen MR) is 118 cm³/mol. The summed E-state index contributed by atoms with van der Waals surface area (Å²) in [6.45, 7) is 5.72. The molecule has 0 aliphatic carbocycles. The van der Waals surface area contributed by atoms with Crippen molar-refractivity contribution in [3.05, 3.63) is 83.4 Å². The molecule has 4 nitrogen and oxygen atoms in total. The van der Waals surface area contributed by atoms with Crippen molar-refractivity contribution in [3.8, 4) is 23.0 Å². The minimum atomic E-state index is -0.0733. The van der Waals surface area contributed by atoms with Crippen molar-refractivity contribution in [1.82, 2.24) is 0 Å². The molecule has 156 valence electrons. The van der Waals surface area contributed by atoms with E-state index in [9.17, 15) is 0 Å². The molecule has 0 radical (unpaired) electrons. The van der Waals surface area contributed by atoms with Gasteiger partial charge >= 0.3 is 0 Å². The molecule has 1 aliphatic heterocycles. The SMILES string of the molecule is CCOc1ccc2c(c1)OC(c1ccc(OCC)cc1OCc1ccccc1)CC2. The van der Waals surface area contributed by atoms with Gasteiger partial charge < -0.3 is 18.9 Å². The molecule has 3 aromatic carbocycles. The third-order valence-corrected chi connectivity index (χ3v) is 5.17. The number of fused-ring (bicyclic) bond motifs is 1. The summed E-state index contributed by atoms with van der Waals surface area (Å²) >= 11 is 0. The Kier molecular flexibility index (Phi) is 6.43. The summed E-state index contributed by atoms with van der Waals surface area (Å²) < 4.78 is 24.0. The van der Waals surface area contributed by atoms with E-state index in [4.69, 9.17) is 18.9 Å². The minimum Gasteiger partial charge on any atom is -0.494 e. The molecular formula is C26H28O4. The zero-order chi connectivity index (χ0) is 20.8. The standard InChI is InChI=1S/C26H28O4/c1-3-27-21-12-10-20-11-15-24(30-25(20)16-21)23-14-13-22(28-4-2)17-26(23)29-18-19-8-6-5-7-9-19/h5-10,12-14,16-17,24H,3-4,11,15,18H2,1-2H3. The van der Waals surface area contributed by atoms with Crippen molar-refractivity contribution in [2.45, 2.75) is 39.4 Å². The van der Waals surface area contributed by atoms with Gasteiger partial charge in [0.1, 0.15) is 35.7 Å². The molecule has 0 spiro atoms. The van der Waals surface area contributed by atoms with Crippen LogP contribution in [0.5, 0.6) is 23.0 Å². The summed E-state index contributed by atoms with van der Waals surface area (Å²) in [6.07, 6.45) is 1.78. The summed E-state index contributed by atoms with van der Waals surface area (Å²) in [7, 11) is 0. The van der Waals surface area contributed by atoms with Crippen LogP contribution in [0.15, 0.2) is 66.7 Å². The van der Waals surface area contributed by atoms with Gasteiger partial charge in [0, 0.05) is 17.7 Å². The molecule has 1 heterocycles. The number of aryl methyl sites for hydroxylation is 1. The van der Waals surface area contributed by atoms with Gasteiger partial charge in [-0.1, -0.05) is 36.4 Å². The largest absolute Gasteiger partial charge is 0.494 e. The molecule has 0 N–H and O–H groups in total. The molecule has 1 aliphatic rings. The number of benzene rings is 3. The van der Waals surface area contributed by atoms with E-state index in [2.05, 4.69) is 24.3 Å². The maximum Gasteiger partial charge on any atom is 0.130 e. The maximum atomic E-state index is 6.40. The first kappa shape index (κ1) is 20.1. The molecule has 1 atom stereocenters. The van der Waals surface area contributed by atoms with Gasteiger partial charge in [0.2, 0.25) is 0 Å². The number of hydrogen-bond donors (Lipinski definition) is 0. The van der Waals surface area contributed by atoms with Gasteiger partial charge in [0.25, 0.3) is 0 Å². The highest BCUT2D eigenvalue weighted by atomic mass is 16.5. The van der Waals surface area contributed by atoms with Crippen molar-refractivity contribution in [2.24, 2.45) is 0 Å². The lowest BCUT2D eigenvalue weighted by Crippen LogP contribution is -2.16. The second-order valence-corrected chi connectivity index (χ2v) is 7.25. The van der Waals surface area contributed by atoms with Crippen LogP contribution >= 0.6 is 0 Å². The number of hydrogen-bond acceptors (Lipinski definition) is 4. The van der Waals surface area contributed by atoms with Crippen LogP contribution in [0.2, 0.25) is 0 Å². The van der Waals surface area contributed by atoms with Gasteiger partial charge in [-0.25, -0.2) is 0 Å². The van der Waals surface area contributed by atoms with Crippen LogP contribution in [0.3, 0.4) is 0 Å². The van der Waals surface area contributed by atoms with Gasteiger partial charge in [-0.2, -0.15) is 0 Å². The van der Waals surface area contributed by atoms with Crippen LogP contribution in [-0.2, 0) is 13.0 Å². The Morgan fingerprint density at radius 1 is 0.833 bits per heavy atom. The highest BCUT2D eigenvalue weighted by Gasteiger charge is 2.25. The normalized spacial score (nSPS) is 15.1. The summed E-state index contributed by atoms with van der Waals surface area (Å²) in [5, 5.41) is 0. The first-order chi connectivity index (χ1) is 14.8. The van der Waals surface area contributed by atoms with Crippen molar-refractivity contribution in [3.63, 3.8) is 0 Å². The van der Waals surface area contributed by atoms with Gasteiger partial charge in [0.15, 0.2) is 0 Å². The van der Waals surface area contributed by atoms with E-state index in [0.29, 0.717) is 19.8 Å². The van der Waals surface area contributed by atoms with Gasteiger partial charge in [-0.3, -0.25) is 0 Å². The average molecular weight is 405 g/mol. The van der Waals surface area contributed by atoms with Crippen LogP contribution in [0.25, 0.3) is 0 Å². The van der Waals surface area contributed by atoms with E-state index in [1.54, 1.807) is 0 Å². The van der Waals surface area contributed by atoms with Crippen molar-refractivity contribution in [2.75, 3.05) is 13.2 Å². The van der Waals surface area contributed by atoms with Crippen LogP contribution in [0, 0.1) is 0 Å². The third-order valence-electron chi connectivity index (χ3n) is 5.17. The highest BCUT2D eigenvalue weighted by Crippen LogP contribution is 2.41. The molecule has 0 aromatic heterocycles. The lowest BCUT2D eigenvalue weighted by molar-refractivity contribution is 0.168. The number of ether oxygens (including phenoxy) is 4. The second-order valence-electron chi connectivity index (χ2n) is 7.25. The fourth-order valence-corrected chi connectivity index (χ4v) is 3.72. The Hall–Kier alpha value is -3.14. The number of rotatable bonds is 8. The Morgan fingerprint density at radius 3 is 2.33 bits per heavy atom. The zero-order valence-electron chi connectivity index (χ0n) is 17.6. The van der Waals surface area contributed by atoms with Crippen molar-refractivity contribution in [1.29, 1.82) is 0 Å². The topological polar surface area (TPSA) is 36.9 Å². The summed E-state index contributed by atoms with van der Waals surface area (Å²) in [5.41, 5.74) is 3.38. The molecule has 0 saturated heterocycles. The van der Waals surface area contributed by atoms with Gasteiger partial charge in [-0.05, 0) is 56.0 Å². The molecule has 0 bridgehead atoms. The first-order valence-corrected chi connectivity index (χ1v) is 10.6. The van der Waals surface area contributed by atoms with E-state index in [1.165, 1.54) is 5.56 Å². The molecule has 4 heteroatoms. The quantitative estimate of drug-likeness (QED) is 0.453. The highest BCUT2D eigenvalue weighted by molar-refractivity contribution is 5.46. The third kappa shape index (κ3) is 4.70. The molecule has 3 aromatic rings. The molecule has 0 saturated carbocycles. The Labute approximate surface area is 178 Å². The average Bonchev–Trinajstić information content (AvgIpc) is 2.78. The Bertz CT molecular complexity index is 968. The lowest BCUT2D eigenvalue weighted by atomic mass is 9.96. The van der Waals surface area contributed by atoms with Crippen LogP contribution in [0.4, 0.5) is 0 Å². The fraction of sp³-hybridized carbons (Fsp3) is 0.308. The van der Waals surface area contributed by atoms with E-state index in [-0.39, 0.29) is 6.10 Å². The van der Waals surface area contributed by atoms with E-state index in [1.807, 2.05) is 56.3 Å². The molecule has 0 amide bonds. The van der Waals surface area contributed by atoms with Crippen LogP contribution in [0.1, 0.15) is 43.1 Å². The first-order valence-electron chi connectivity index (χ1n) is 10.6. The summed E-state index contributed by atoms with van der Waals surface area (Å²) in [5.74, 6) is 3.34. The Morgan fingerprint density at radius 2 is 1.57 bits per heavy atom. The maximum absolute atomic E-state index is 6.40. The van der Waals surface area contributed by atoms with E-state index < -0.39 is 0 Å². The smallest absolute Gasteiger partial charge is 0.130 e. The molecule has 1 unspecified atom stereocenters. The second kappa shape index (κ2) is 9.57. The predicted octanol–water partition coefficient (Wildman–Crippen LogP) is 6.13. The summed E-state index contributed by atoms with van der Waals surface area (Å²) in [6, 6.07) is 22.3. The van der Waals surface area contributed by atoms with E-state index in [0.717, 1.165) is 47.0 Å². The minimum absolute atomic E-state index is 0.0733. The molecule has 30 heavy (non-hydrogen) atoms. The van der Waals surface area contributed by atoms with E-state index >= 15 is 0 Å². The summed E-state index contributed by atoms with van der Waals surface area (Å²) in [4.78, 5) is 0.